The van der Waals surface area contributed by atoms with Crippen LogP contribution in [0.4, 0.5) is 4.79 Å². The molecule has 0 radical (unpaired) electrons. The van der Waals surface area contributed by atoms with Crippen LogP contribution in [0.15, 0.2) is 24.5 Å². The smallest absolute Gasteiger partial charge is 0.406 e. The molecule has 1 heterocycles. The van der Waals surface area contributed by atoms with E-state index in [9.17, 15) is 4.79 Å². The molecule has 0 amide bonds. The lowest BCUT2D eigenvalue weighted by atomic mass is 10.2. The van der Waals surface area contributed by atoms with E-state index in [1.807, 2.05) is 39.8 Å². The second kappa shape index (κ2) is 3.78. The van der Waals surface area contributed by atoms with Crippen molar-refractivity contribution >= 4 is 6.09 Å². The lowest BCUT2D eigenvalue weighted by Gasteiger charge is -2.15. The number of rotatable bonds is 0. The lowest BCUT2D eigenvalue weighted by molar-refractivity contribution is -0.588. The Morgan fingerprint density at radius 3 is 2.21 bits per heavy atom. The molecule has 0 fully saturated rings. The van der Waals surface area contributed by atoms with Gasteiger partial charge in [0.05, 0.1) is 0 Å². The van der Waals surface area contributed by atoms with E-state index < -0.39 is 5.60 Å². The van der Waals surface area contributed by atoms with Crippen LogP contribution in [0.3, 0.4) is 0 Å². The van der Waals surface area contributed by atoms with Gasteiger partial charge < -0.3 is 4.74 Å². The number of hydrogen-bond acceptors (Lipinski definition) is 2. The van der Waals surface area contributed by atoms with E-state index in [1.165, 1.54) is 4.57 Å². The molecule has 76 valence electrons. The van der Waals surface area contributed by atoms with Crippen molar-refractivity contribution in [2.45, 2.75) is 33.3 Å². The molecular weight excluding hydrogens is 178 g/mol. The van der Waals surface area contributed by atoms with Crippen LogP contribution in [-0.2, 0) is 4.74 Å². The topological polar surface area (TPSA) is 30.2 Å². The molecule has 0 unspecified atom stereocenters. The second-order valence-corrected chi connectivity index (χ2v) is 4.26. The zero-order chi connectivity index (χ0) is 10.8. The number of carbonyl (C=O) groups is 1. The summed E-state index contributed by atoms with van der Waals surface area (Å²) in [5.41, 5.74) is 0.666. The predicted molar refractivity (Wildman–Crippen MR) is 53.0 cm³/mol. The molecule has 0 aliphatic heterocycles. The van der Waals surface area contributed by atoms with Gasteiger partial charge in [0.15, 0.2) is 12.4 Å². The van der Waals surface area contributed by atoms with Crippen molar-refractivity contribution in [2.24, 2.45) is 0 Å². The van der Waals surface area contributed by atoms with Crippen LogP contribution in [0.2, 0.25) is 0 Å². The maximum absolute atomic E-state index is 11.5. The Bertz CT molecular complexity index is 322. The molecule has 0 N–H and O–H groups in total. The molecule has 1 aromatic rings. The highest BCUT2D eigenvalue weighted by Gasteiger charge is 2.23. The highest BCUT2D eigenvalue weighted by Crippen LogP contribution is 2.06. The summed E-state index contributed by atoms with van der Waals surface area (Å²) in [5.74, 6) is 0. The molecule has 1 rings (SSSR count). The van der Waals surface area contributed by atoms with E-state index in [-0.39, 0.29) is 6.09 Å². The summed E-state index contributed by atoms with van der Waals surface area (Å²) in [5, 5.41) is 0. The van der Waals surface area contributed by atoms with Gasteiger partial charge in [-0.2, -0.15) is 4.79 Å². The largest absolute Gasteiger partial charge is 0.602 e. The Hall–Kier alpha value is -1.38. The van der Waals surface area contributed by atoms with Gasteiger partial charge >= 0.3 is 6.09 Å². The monoisotopic (exact) mass is 194 g/mol. The van der Waals surface area contributed by atoms with Gasteiger partial charge in [-0.3, -0.25) is 0 Å². The molecule has 0 aliphatic carbocycles. The fraction of sp³-hybridized carbons (Fsp3) is 0.455. The molecule has 0 saturated carbocycles. The van der Waals surface area contributed by atoms with E-state index >= 15 is 0 Å². The fourth-order valence-corrected chi connectivity index (χ4v) is 0.937. The molecule has 14 heavy (non-hydrogen) atoms. The maximum Gasteiger partial charge on any atom is 0.602 e. The summed E-state index contributed by atoms with van der Waals surface area (Å²) in [6, 6.07) is 3.73. The van der Waals surface area contributed by atoms with Crippen LogP contribution in [-0.4, -0.2) is 11.7 Å². The minimum absolute atomic E-state index is 0.350. The van der Waals surface area contributed by atoms with Gasteiger partial charge in [0, 0.05) is 12.1 Å². The van der Waals surface area contributed by atoms with Crippen molar-refractivity contribution in [1.82, 2.24) is 0 Å². The summed E-state index contributed by atoms with van der Waals surface area (Å²) < 4.78 is 6.62. The first kappa shape index (κ1) is 10.7. The number of carbonyl (C=O) groups excluding carboxylic acids is 1. The number of aryl methyl sites for hydroxylation is 1. The molecule has 0 saturated heterocycles. The highest BCUT2D eigenvalue weighted by atomic mass is 16.6. The Morgan fingerprint density at radius 1 is 1.29 bits per heavy atom. The van der Waals surface area contributed by atoms with E-state index in [0.29, 0.717) is 0 Å². The van der Waals surface area contributed by atoms with Gasteiger partial charge in [-0.15, -0.1) is 0 Å². The molecule has 0 spiro atoms. The number of pyridine rings is 1. The first-order chi connectivity index (χ1) is 6.38. The Balaban J connectivity index is 2.76. The molecule has 0 atom stereocenters. The number of aromatic nitrogens is 1. The summed E-state index contributed by atoms with van der Waals surface area (Å²) in [7, 11) is 0. The Kier molecular flexibility index (Phi) is 2.89. The van der Waals surface area contributed by atoms with Gasteiger partial charge in [-0.05, 0) is 33.3 Å². The zero-order valence-electron chi connectivity index (χ0n) is 9.07. The third-order valence-corrected chi connectivity index (χ3v) is 1.60. The first-order valence-corrected chi connectivity index (χ1v) is 4.60. The van der Waals surface area contributed by atoms with Crippen LogP contribution < -0.4 is 4.57 Å². The van der Waals surface area contributed by atoms with Crippen molar-refractivity contribution in [3.05, 3.63) is 30.1 Å². The van der Waals surface area contributed by atoms with Crippen LogP contribution in [0.5, 0.6) is 0 Å². The van der Waals surface area contributed by atoms with Gasteiger partial charge in [0.1, 0.15) is 5.60 Å². The fourth-order valence-electron chi connectivity index (χ4n) is 0.937. The second-order valence-electron chi connectivity index (χ2n) is 4.26. The van der Waals surface area contributed by atoms with Crippen molar-refractivity contribution in [3.63, 3.8) is 0 Å². The summed E-state index contributed by atoms with van der Waals surface area (Å²) >= 11 is 0. The first-order valence-electron chi connectivity index (χ1n) is 4.60. The van der Waals surface area contributed by atoms with Gasteiger partial charge in [-0.1, -0.05) is 4.57 Å². The van der Waals surface area contributed by atoms with Crippen molar-refractivity contribution < 1.29 is 14.1 Å². The van der Waals surface area contributed by atoms with Crippen molar-refractivity contribution in [3.8, 4) is 0 Å². The van der Waals surface area contributed by atoms with Gasteiger partial charge in [0.25, 0.3) is 0 Å². The number of hydrogen-bond donors (Lipinski definition) is 0. The Labute approximate surface area is 84.3 Å². The Morgan fingerprint density at radius 2 is 1.79 bits per heavy atom. The van der Waals surface area contributed by atoms with Crippen LogP contribution in [0, 0.1) is 6.92 Å². The summed E-state index contributed by atoms with van der Waals surface area (Å²) in [4.78, 5) is 11.5. The van der Waals surface area contributed by atoms with Crippen LogP contribution >= 0.6 is 0 Å². The number of ether oxygens (including phenoxy) is 1. The third kappa shape index (κ3) is 3.17. The summed E-state index contributed by atoms with van der Waals surface area (Å²) in [6.45, 7) is 7.51. The molecule has 0 aliphatic rings. The third-order valence-electron chi connectivity index (χ3n) is 1.60. The molecular formula is C11H16NO2+. The standard InChI is InChI=1S/C11H16NO2/c1-9-5-7-12(8-6-9)10(13)14-11(2,3)4/h5-8H,1-4H3/q+1. The molecule has 1 aromatic heterocycles. The van der Waals surface area contributed by atoms with Crippen molar-refractivity contribution in [2.75, 3.05) is 0 Å². The molecule has 3 nitrogen and oxygen atoms in total. The van der Waals surface area contributed by atoms with E-state index in [2.05, 4.69) is 0 Å². The van der Waals surface area contributed by atoms with Crippen LogP contribution in [0.25, 0.3) is 0 Å². The van der Waals surface area contributed by atoms with E-state index in [4.69, 9.17) is 4.74 Å². The predicted octanol–water partition coefficient (Wildman–Crippen LogP) is 2.07. The minimum atomic E-state index is -0.449. The van der Waals surface area contributed by atoms with Gasteiger partial charge in [-0.25, -0.2) is 0 Å². The van der Waals surface area contributed by atoms with Gasteiger partial charge in [0.2, 0.25) is 0 Å². The van der Waals surface area contributed by atoms with Crippen LogP contribution in [0.1, 0.15) is 26.3 Å². The SMILES string of the molecule is Cc1cc[n+](C(=O)OC(C)(C)C)cc1. The number of nitrogens with zero attached hydrogens (tertiary/aromatic N) is 1. The molecule has 3 heteroatoms. The highest BCUT2D eigenvalue weighted by molar-refractivity contribution is 5.57. The summed E-state index contributed by atoms with van der Waals surface area (Å²) in [6.07, 6.45) is 3.05. The van der Waals surface area contributed by atoms with E-state index in [1.54, 1.807) is 12.4 Å². The normalized spacial score (nSPS) is 11.1. The average molecular weight is 194 g/mol. The zero-order valence-corrected chi connectivity index (χ0v) is 9.07. The quantitative estimate of drug-likeness (QED) is 0.592. The van der Waals surface area contributed by atoms with Crippen molar-refractivity contribution in [1.29, 1.82) is 0 Å². The molecule has 0 aromatic carbocycles. The van der Waals surface area contributed by atoms with E-state index in [0.717, 1.165) is 5.56 Å². The average Bonchev–Trinajstić information content (AvgIpc) is 2.02. The maximum atomic E-state index is 11.5. The minimum Gasteiger partial charge on any atom is -0.406 e. The lowest BCUT2D eigenvalue weighted by Crippen LogP contribution is -2.45. The molecule has 0 bridgehead atoms.